The molecule has 0 aliphatic heterocycles. The van der Waals surface area contributed by atoms with E-state index in [0.717, 1.165) is 11.3 Å². The van der Waals surface area contributed by atoms with E-state index in [4.69, 9.17) is 4.74 Å². The number of aromatic nitrogens is 2. The Morgan fingerprint density at radius 2 is 2.00 bits per heavy atom. The summed E-state index contributed by atoms with van der Waals surface area (Å²) < 4.78 is 7.32. The summed E-state index contributed by atoms with van der Waals surface area (Å²) in [5, 5.41) is 18.8. The summed E-state index contributed by atoms with van der Waals surface area (Å²) in [5.74, 6) is 0.278. The van der Waals surface area contributed by atoms with Crippen LogP contribution >= 0.6 is 0 Å². The van der Waals surface area contributed by atoms with Crippen molar-refractivity contribution in [3.05, 3.63) is 87.7 Å². The minimum Gasteiger partial charge on any atom is -0.488 e. The van der Waals surface area contributed by atoms with Gasteiger partial charge in [0.2, 0.25) is 0 Å². The van der Waals surface area contributed by atoms with Crippen LogP contribution in [-0.4, -0.2) is 26.8 Å². The Labute approximate surface area is 166 Å². The van der Waals surface area contributed by atoms with E-state index in [1.54, 1.807) is 30.5 Å². The quantitative estimate of drug-likeness (QED) is 0.359. The molecule has 0 unspecified atom stereocenters. The second-order valence-corrected chi connectivity index (χ2v) is 6.20. The minimum atomic E-state index is -0.446. The van der Waals surface area contributed by atoms with E-state index in [2.05, 4.69) is 15.6 Å². The predicted molar refractivity (Wildman–Crippen MR) is 107 cm³/mol. The van der Waals surface area contributed by atoms with Crippen molar-refractivity contribution >= 4 is 17.8 Å². The van der Waals surface area contributed by atoms with Crippen molar-refractivity contribution in [3.8, 4) is 5.75 Å². The highest BCUT2D eigenvalue weighted by molar-refractivity contribution is 5.85. The number of carbonyl (C=O) groups excluding carboxylic acids is 1. The molecule has 0 spiro atoms. The number of benzene rings is 2. The zero-order valence-electron chi connectivity index (χ0n) is 15.7. The third-order valence-electron chi connectivity index (χ3n) is 3.93. The molecule has 3 rings (SSSR count). The van der Waals surface area contributed by atoms with Crippen molar-refractivity contribution in [1.29, 1.82) is 0 Å². The lowest BCUT2D eigenvalue weighted by molar-refractivity contribution is -0.384. The maximum atomic E-state index is 11.9. The number of hydrazone groups is 1. The molecule has 0 saturated carbocycles. The zero-order valence-corrected chi connectivity index (χ0v) is 15.7. The van der Waals surface area contributed by atoms with Gasteiger partial charge in [-0.25, -0.2) is 5.43 Å². The number of carbonyl (C=O) groups is 1. The molecule has 9 heteroatoms. The van der Waals surface area contributed by atoms with E-state index < -0.39 is 4.92 Å². The Balaban J connectivity index is 1.57. The number of hydrogen-bond donors (Lipinski definition) is 1. The lowest BCUT2D eigenvalue weighted by atomic mass is 10.2. The Bertz CT molecular complexity index is 1030. The van der Waals surface area contributed by atoms with E-state index in [1.807, 2.05) is 25.1 Å². The largest absolute Gasteiger partial charge is 0.488 e. The van der Waals surface area contributed by atoms with E-state index in [-0.39, 0.29) is 24.7 Å². The summed E-state index contributed by atoms with van der Waals surface area (Å²) in [5.41, 5.74) is 4.80. The number of rotatable bonds is 8. The molecule has 29 heavy (non-hydrogen) atoms. The van der Waals surface area contributed by atoms with Crippen LogP contribution in [0.1, 0.15) is 16.8 Å². The van der Waals surface area contributed by atoms with Crippen LogP contribution in [0.2, 0.25) is 0 Å². The second-order valence-electron chi connectivity index (χ2n) is 6.20. The number of aryl methyl sites for hydroxylation is 1. The molecule has 1 amide bonds. The van der Waals surface area contributed by atoms with Gasteiger partial charge in [0.25, 0.3) is 11.6 Å². The van der Waals surface area contributed by atoms with E-state index in [0.29, 0.717) is 11.3 Å². The second kappa shape index (κ2) is 9.27. The summed E-state index contributed by atoms with van der Waals surface area (Å²) in [6.45, 7) is 2.16. The van der Waals surface area contributed by atoms with E-state index in [1.165, 1.54) is 23.0 Å². The lowest BCUT2D eigenvalue weighted by Crippen LogP contribution is -2.23. The van der Waals surface area contributed by atoms with Gasteiger partial charge in [-0.15, -0.1) is 0 Å². The summed E-state index contributed by atoms with van der Waals surface area (Å²) in [7, 11) is 0. The van der Waals surface area contributed by atoms with Crippen molar-refractivity contribution in [3.63, 3.8) is 0 Å². The number of hydrogen-bond acceptors (Lipinski definition) is 6. The van der Waals surface area contributed by atoms with Crippen LogP contribution in [0, 0.1) is 17.0 Å². The zero-order chi connectivity index (χ0) is 20.6. The molecule has 0 aliphatic carbocycles. The first-order valence-corrected chi connectivity index (χ1v) is 8.78. The topological polar surface area (TPSA) is 112 Å². The van der Waals surface area contributed by atoms with Gasteiger partial charge < -0.3 is 4.74 Å². The monoisotopic (exact) mass is 393 g/mol. The highest BCUT2D eigenvalue weighted by Crippen LogP contribution is 2.19. The van der Waals surface area contributed by atoms with Crippen LogP contribution in [0.5, 0.6) is 5.75 Å². The number of amides is 1. The molecule has 2 aromatic carbocycles. The standard InChI is InChI=1S/C20H19N5O4/c1-15-10-11-24(23-15)13-20(26)22-21-12-17-4-2-3-5-19(17)29-14-16-6-8-18(9-7-16)25(27)28/h2-12H,13-14H2,1H3,(H,22,26). The minimum absolute atomic E-state index is 0.0299. The fourth-order valence-electron chi connectivity index (χ4n) is 2.50. The van der Waals surface area contributed by atoms with Gasteiger partial charge in [0.05, 0.1) is 16.8 Å². The normalized spacial score (nSPS) is 10.8. The number of nitro groups is 1. The first-order chi connectivity index (χ1) is 14.0. The average Bonchev–Trinajstić information content (AvgIpc) is 3.12. The number of nitrogens with one attached hydrogen (secondary N) is 1. The van der Waals surface area contributed by atoms with E-state index in [9.17, 15) is 14.9 Å². The molecule has 0 radical (unpaired) electrons. The molecule has 0 bridgehead atoms. The van der Waals surface area contributed by atoms with Crippen LogP contribution in [0.15, 0.2) is 65.9 Å². The van der Waals surface area contributed by atoms with Crippen LogP contribution in [-0.2, 0) is 17.9 Å². The Morgan fingerprint density at radius 1 is 1.24 bits per heavy atom. The van der Waals surface area contributed by atoms with Gasteiger partial charge in [0, 0.05) is 23.9 Å². The molecule has 0 saturated heterocycles. The average molecular weight is 393 g/mol. The third kappa shape index (κ3) is 5.73. The van der Waals surface area contributed by atoms with Crippen LogP contribution in [0.3, 0.4) is 0 Å². The summed E-state index contributed by atoms with van der Waals surface area (Å²) in [6.07, 6.45) is 3.22. The van der Waals surface area contributed by atoms with Crippen LogP contribution < -0.4 is 10.2 Å². The Hall–Kier alpha value is -4.01. The molecule has 0 atom stereocenters. The number of nitrogens with zero attached hydrogens (tertiary/aromatic N) is 4. The molecule has 148 valence electrons. The summed E-state index contributed by atoms with van der Waals surface area (Å²) >= 11 is 0. The van der Waals surface area contributed by atoms with Crippen molar-refractivity contribution in [2.45, 2.75) is 20.1 Å². The Kier molecular flexibility index (Phi) is 6.31. The highest BCUT2D eigenvalue weighted by atomic mass is 16.6. The third-order valence-corrected chi connectivity index (χ3v) is 3.93. The van der Waals surface area contributed by atoms with Gasteiger partial charge in [-0.05, 0) is 42.8 Å². The van der Waals surface area contributed by atoms with Crippen molar-refractivity contribution < 1.29 is 14.5 Å². The maximum Gasteiger partial charge on any atom is 0.269 e. The first kappa shape index (κ1) is 19.7. The molecule has 0 aliphatic rings. The van der Waals surface area contributed by atoms with Gasteiger partial charge in [0.15, 0.2) is 0 Å². The van der Waals surface area contributed by atoms with Crippen LogP contribution in [0.4, 0.5) is 5.69 Å². The van der Waals surface area contributed by atoms with E-state index >= 15 is 0 Å². The number of nitro benzene ring substituents is 1. The van der Waals surface area contributed by atoms with Gasteiger partial charge in [-0.3, -0.25) is 19.6 Å². The fraction of sp³-hybridized carbons (Fsp3) is 0.150. The SMILES string of the molecule is Cc1ccn(CC(=O)NN=Cc2ccccc2OCc2ccc([N+](=O)[O-])cc2)n1. The van der Waals surface area contributed by atoms with Crippen molar-refractivity contribution in [2.24, 2.45) is 5.10 Å². The molecular formula is C20H19N5O4. The van der Waals surface area contributed by atoms with Crippen molar-refractivity contribution in [1.82, 2.24) is 15.2 Å². The number of para-hydroxylation sites is 1. The summed E-state index contributed by atoms with van der Waals surface area (Å²) in [4.78, 5) is 22.2. The van der Waals surface area contributed by atoms with Crippen molar-refractivity contribution in [2.75, 3.05) is 0 Å². The number of non-ortho nitro benzene ring substituents is 1. The summed E-state index contributed by atoms with van der Waals surface area (Å²) in [6, 6.07) is 15.2. The highest BCUT2D eigenvalue weighted by Gasteiger charge is 2.06. The maximum absolute atomic E-state index is 11.9. The molecule has 1 N–H and O–H groups in total. The number of ether oxygens (including phenoxy) is 1. The molecule has 1 heterocycles. The van der Waals surface area contributed by atoms with Gasteiger partial charge in [0.1, 0.15) is 18.9 Å². The van der Waals surface area contributed by atoms with Gasteiger partial charge >= 0.3 is 0 Å². The predicted octanol–water partition coefficient (Wildman–Crippen LogP) is 2.83. The molecular weight excluding hydrogens is 374 g/mol. The molecule has 0 fully saturated rings. The van der Waals surface area contributed by atoms with Crippen LogP contribution in [0.25, 0.3) is 0 Å². The molecule has 3 aromatic rings. The smallest absolute Gasteiger partial charge is 0.269 e. The first-order valence-electron chi connectivity index (χ1n) is 8.78. The molecule has 1 aromatic heterocycles. The van der Waals surface area contributed by atoms with Gasteiger partial charge in [-0.1, -0.05) is 12.1 Å². The van der Waals surface area contributed by atoms with Gasteiger partial charge in [-0.2, -0.15) is 10.2 Å². The Morgan fingerprint density at radius 3 is 2.69 bits per heavy atom. The molecule has 9 nitrogen and oxygen atoms in total. The fourth-order valence-corrected chi connectivity index (χ4v) is 2.50. The lowest BCUT2D eigenvalue weighted by Gasteiger charge is -2.09.